The maximum absolute atomic E-state index is 14.5. The lowest BCUT2D eigenvalue weighted by atomic mass is 9.77. The molecule has 0 spiro atoms. The van der Waals surface area contributed by atoms with Crippen LogP contribution in [-0.4, -0.2) is 19.8 Å². The van der Waals surface area contributed by atoms with Crippen LogP contribution in [0.25, 0.3) is 0 Å². The summed E-state index contributed by atoms with van der Waals surface area (Å²) in [6.45, 7) is 5.08. The highest BCUT2D eigenvalue weighted by molar-refractivity contribution is 5.32. The molecule has 3 nitrogen and oxygen atoms in total. The summed E-state index contributed by atoms with van der Waals surface area (Å²) in [5, 5.41) is 0. The number of rotatable bonds is 8. The molecule has 0 N–H and O–H groups in total. The minimum atomic E-state index is -1.00. The number of hydrogen-bond acceptors (Lipinski definition) is 3. The molecule has 1 aliphatic heterocycles. The lowest BCUT2D eigenvalue weighted by Crippen LogP contribution is -2.26. The van der Waals surface area contributed by atoms with E-state index in [0.717, 1.165) is 11.5 Å². The van der Waals surface area contributed by atoms with Gasteiger partial charge in [-0.15, -0.1) is 0 Å². The summed E-state index contributed by atoms with van der Waals surface area (Å²) < 4.78 is 45.4. The first-order chi connectivity index (χ1) is 16.1. The molecule has 2 aliphatic rings. The summed E-state index contributed by atoms with van der Waals surface area (Å²) in [4.78, 5) is 0. The largest absolute Gasteiger partial charge is 0.491 e. The van der Waals surface area contributed by atoms with Gasteiger partial charge in [-0.2, -0.15) is 4.39 Å². The highest BCUT2D eigenvalue weighted by atomic mass is 19.2. The maximum Gasteiger partial charge on any atom is 0.201 e. The van der Waals surface area contributed by atoms with Gasteiger partial charge in [0.2, 0.25) is 5.82 Å². The summed E-state index contributed by atoms with van der Waals surface area (Å²) in [7, 11) is 0. The molecule has 0 radical (unpaired) electrons. The van der Waals surface area contributed by atoms with E-state index in [4.69, 9.17) is 14.2 Å². The molecule has 1 aliphatic carbocycles. The predicted molar refractivity (Wildman–Crippen MR) is 126 cm³/mol. The van der Waals surface area contributed by atoms with Gasteiger partial charge in [0.05, 0.1) is 19.8 Å². The fourth-order valence-electron chi connectivity index (χ4n) is 5.19. The normalized spacial score (nSPS) is 25.7. The van der Waals surface area contributed by atoms with Crippen molar-refractivity contribution in [1.29, 1.82) is 0 Å². The van der Waals surface area contributed by atoms with Crippen LogP contribution in [0.4, 0.5) is 8.78 Å². The second-order valence-electron chi connectivity index (χ2n) is 9.44. The van der Waals surface area contributed by atoms with Gasteiger partial charge in [-0.05, 0) is 67.7 Å². The Hall–Kier alpha value is -1.98. The minimum Gasteiger partial charge on any atom is -0.491 e. The molecule has 0 bridgehead atoms. The van der Waals surface area contributed by atoms with Crippen molar-refractivity contribution in [3.8, 4) is 5.75 Å². The zero-order valence-corrected chi connectivity index (χ0v) is 19.8. The summed E-state index contributed by atoms with van der Waals surface area (Å²) in [5.41, 5.74) is 2.65. The van der Waals surface area contributed by atoms with Gasteiger partial charge in [-0.1, -0.05) is 50.5 Å². The third kappa shape index (κ3) is 5.75. The summed E-state index contributed by atoms with van der Waals surface area (Å²) in [6.07, 6.45) is 8.40. The van der Waals surface area contributed by atoms with Crippen LogP contribution in [0.1, 0.15) is 93.6 Å². The molecule has 5 heteroatoms. The van der Waals surface area contributed by atoms with Crippen LogP contribution in [0.3, 0.4) is 0 Å². The Morgan fingerprint density at radius 1 is 0.818 bits per heavy atom. The van der Waals surface area contributed by atoms with E-state index in [0.29, 0.717) is 19.1 Å². The van der Waals surface area contributed by atoms with Crippen molar-refractivity contribution in [1.82, 2.24) is 0 Å². The summed E-state index contributed by atoms with van der Waals surface area (Å²) >= 11 is 0. The number of unbranched alkanes of at least 4 members (excludes halogenated alkanes) is 1. The van der Waals surface area contributed by atoms with E-state index in [1.807, 2.05) is 0 Å². The molecule has 0 amide bonds. The Kier molecular flexibility index (Phi) is 8.37. The SMILES string of the molecule is CCCCC1CCC(c2ccc(C3COC(c4ccc(OCC)c(F)c4F)OC3)cc2)CC1. The fraction of sp³-hybridized carbons (Fsp3) is 0.571. The second kappa shape index (κ2) is 11.4. The highest BCUT2D eigenvalue weighted by Crippen LogP contribution is 2.39. The van der Waals surface area contributed by atoms with Crippen molar-refractivity contribution >= 4 is 0 Å². The molecule has 1 saturated carbocycles. The first-order valence-corrected chi connectivity index (χ1v) is 12.5. The third-order valence-corrected chi connectivity index (χ3v) is 7.22. The van der Waals surface area contributed by atoms with Crippen molar-refractivity contribution in [2.24, 2.45) is 5.92 Å². The zero-order valence-electron chi connectivity index (χ0n) is 19.8. The third-order valence-electron chi connectivity index (χ3n) is 7.22. The van der Waals surface area contributed by atoms with Crippen molar-refractivity contribution < 1.29 is 23.0 Å². The topological polar surface area (TPSA) is 27.7 Å². The van der Waals surface area contributed by atoms with Gasteiger partial charge in [0.25, 0.3) is 0 Å². The smallest absolute Gasteiger partial charge is 0.201 e. The molecular weight excluding hydrogens is 422 g/mol. The van der Waals surface area contributed by atoms with Gasteiger partial charge in [-0.3, -0.25) is 0 Å². The molecule has 2 fully saturated rings. The molecule has 180 valence electrons. The Balaban J connectivity index is 1.31. The molecule has 2 aromatic carbocycles. The van der Waals surface area contributed by atoms with E-state index in [9.17, 15) is 8.78 Å². The summed E-state index contributed by atoms with van der Waals surface area (Å²) in [6, 6.07) is 11.7. The van der Waals surface area contributed by atoms with E-state index in [1.54, 1.807) is 6.92 Å². The molecule has 0 atom stereocenters. The van der Waals surface area contributed by atoms with E-state index >= 15 is 0 Å². The van der Waals surface area contributed by atoms with Gasteiger partial charge in [0, 0.05) is 11.5 Å². The number of benzene rings is 2. The maximum atomic E-state index is 14.5. The quantitative estimate of drug-likeness (QED) is 0.406. The van der Waals surface area contributed by atoms with Crippen LogP contribution in [0.5, 0.6) is 5.75 Å². The molecule has 2 aromatic rings. The number of hydrogen-bond donors (Lipinski definition) is 0. The molecule has 33 heavy (non-hydrogen) atoms. The molecule has 1 heterocycles. The predicted octanol–water partition coefficient (Wildman–Crippen LogP) is 7.66. The van der Waals surface area contributed by atoms with E-state index < -0.39 is 17.9 Å². The molecule has 4 rings (SSSR count). The first kappa shape index (κ1) is 24.2. The lowest BCUT2D eigenvalue weighted by Gasteiger charge is -2.31. The highest BCUT2D eigenvalue weighted by Gasteiger charge is 2.29. The molecule has 0 aromatic heterocycles. The second-order valence-corrected chi connectivity index (χ2v) is 9.44. The van der Waals surface area contributed by atoms with Gasteiger partial charge in [0.1, 0.15) is 0 Å². The Morgan fingerprint density at radius 3 is 2.06 bits per heavy atom. The molecular formula is C28H36F2O3. The summed E-state index contributed by atoms with van der Waals surface area (Å²) in [5.74, 6) is -0.411. The van der Waals surface area contributed by atoms with Gasteiger partial charge in [0.15, 0.2) is 17.9 Å². The van der Waals surface area contributed by atoms with Crippen molar-refractivity contribution in [3.63, 3.8) is 0 Å². The van der Waals surface area contributed by atoms with Crippen molar-refractivity contribution in [2.45, 2.75) is 76.9 Å². The standard InChI is InChI=1S/C28H36F2O3/c1-3-5-6-19-7-9-20(10-8-19)21-11-13-22(14-12-21)23-17-32-28(33-18-23)24-15-16-25(31-4-2)27(30)26(24)29/h11-16,19-20,23,28H,3-10,17-18H2,1-2H3. The number of ether oxygens (including phenoxy) is 3. The van der Waals surface area contributed by atoms with Crippen LogP contribution >= 0.6 is 0 Å². The van der Waals surface area contributed by atoms with E-state index in [-0.39, 0.29) is 23.8 Å². The monoisotopic (exact) mass is 458 g/mol. The average molecular weight is 459 g/mol. The minimum absolute atomic E-state index is 0.0688. The van der Waals surface area contributed by atoms with Crippen LogP contribution in [-0.2, 0) is 9.47 Å². The number of halogens is 2. The average Bonchev–Trinajstić information content (AvgIpc) is 2.86. The fourth-order valence-corrected chi connectivity index (χ4v) is 5.19. The van der Waals surface area contributed by atoms with Crippen molar-refractivity contribution in [3.05, 3.63) is 64.7 Å². The van der Waals surface area contributed by atoms with Crippen LogP contribution in [0.15, 0.2) is 36.4 Å². The van der Waals surface area contributed by atoms with E-state index in [1.165, 1.54) is 62.6 Å². The van der Waals surface area contributed by atoms with Crippen LogP contribution < -0.4 is 4.74 Å². The van der Waals surface area contributed by atoms with Gasteiger partial charge >= 0.3 is 0 Å². The van der Waals surface area contributed by atoms with Gasteiger partial charge in [-0.25, -0.2) is 4.39 Å². The van der Waals surface area contributed by atoms with E-state index in [2.05, 4.69) is 31.2 Å². The van der Waals surface area contributed by atoms with Gasteiger partial charge < -0.3 is 14.2 Å². The van der Waals surface area contributed by atoms with Crippen LogP contribution in [0.2, 0.25) is 0 Å². The van der Waals surface area contributed by atoms with Crippen LogP contribution in [0, 0.1) is 17.6 Å². The molecule has 1 saturated heterocycles. The Morgan fingerprint density at radius 2 is 1.45 bits per heavy atom. The van der Waals surface area contributed by atoms with Crippen molar-refractivity contribution in [2.75, 3.05) is 19.8 Å². The Labute approximate surface area is 196 Å². The zero-order chi connectivity index (χ0) is 23.2. The molecule has 0 unspecified atom stereocenters. The Bertz CT molecular complexity index is 883. The lowest BCUT2D eigenvalue weighted by molar-refractivity contribution is -0.193. The first-order valence-electron chi connectivity index (χ1n) is 12.5.